The molecule has 15 heteroatoms. The number of ether oxygens (including phenoxy) is 6. The van der Waals surface area contributed by atoms with Crippen LogP contribution in [-0.4, -0.2) is 91.9 Å². The largest absolute Gasteiger partial charge is 0.506 e. The van der Waals surface area contributed by atoms with E-state index in [4.69, 9.17) is 28.4 Å². The monoisotopic (exact) mass is 898 g/mol. The molecule has 4 heterocycles. The highest BCUT2D eigenvalue weighted by Crippen LogP contribution is 2.39. The Balaban J connectivity index is 0.805. The van der Waals surface area contributed by atoms with Crippen molar-refractivity contribution in [2.45, 2.75) is 44.2 Å². The van der Waals surface area contributed by atoms with Crippen molar-refractivity contribution in [1.29, 1.82) is 0 Å². The number of piperidine rings is 3. The molecule has 2 bridgehead atoms. The van der Waals surface area contributed by atoms with Crippen molar-refractivity contribution in [2.24, 2.45) is 5.92 Å². The number of pyridine rings is 1. The first kappa shape index (κ1) is 45.5. The predicted octanol–water partition coefficient (Wildman–Crippen LogP) is 6.80. The summed E-state index contributed by atoms with van der Waals surface area (Å²) in [5, 5.41) is 28.0. The van der Waals surface area contributed by atoms with Crippen molar-refractivity contribution in [1.82, 2.24) is 20.5 Å². The van der Waals surface area contributed by atoms with Gasteiger partial charge >= 0.3 is 12.1 Å². The van der Waals surface area contributed by atoms with Crippen LogP contribution < -0.4 is 35.1 Å². The van der Waals surface area contributed by atoms with Gasteiger partial charge in [0.15, 0.2) is 11.5 Å². The summed E-state index contributed by atoms with van der Waals surface area (Å²) in [5.41, 5.74) is 4.24. The van der Waals surface area contributed by atoms with Crippen molar-refractivity contribution in [3.8, 4) is 28.7 Å². The molecule has 0 saturated carbocycles. The Bertz CT molecular complexity index is 2640. The first-order valence-electron chi connectivity index (χ1n) is 22.0. The number of rotatable bonds is 19. The molecule has 0 spiro atoms. The first-order valence-corrected chi connectivity index (χ1v) is 22.0. The maximum atomic E-state index is 13.3. The molecule has 1 aromatic heterocycles. The zero-order chi connectivity index (χ0) is 46.0. The fourth-order valence-electron chi connectivity index (χ4n) is 8.58. The van der Waals surface area contributed by atoms with Crippen molar-refractivity contribution in [3.63, 3.8) is 0 Å². The van der Waals surface area contributed by atoms with E-state index in [2.05, 4.69) is 20.5 Å². The Hall–Kier alpha value is -7.07. The molecule has 1 unspecified atom stereocenters. The lowest BCUT2D eigenvalue weighted by Gasteiger charge is -2.43. The van der Waals surface area contributed by atoms with E-state index in [1.165, 1.54) is 26.4 Å². The van der Waals surface area contributed by atoms with Gasteiger partial charge in [-0.25, -0.2) is 9.59 Å². The molecule has 5 N–H and O–H groups in total. The number of aromatic hydroxyl groups is 1. The summed E-state index contributed by atoms with van der Waals surface area (Å²) >= 11 is 0. The number of phenolic OH excluding ortho intramolecular Hbond substituents is 1. The van der Waals surface area contributed by atoms with E-state index in [9.17, 15) is 24.6 Å². The van der Waals surface area contributed by atoms with Gasteiger partial charge in [-0.05, 0) is 108 Å². The van der Waals surface area contributed by atoms with Gasteiger partial charge in [-0.1, -0.05) is 60.7 Å². The van der Waals surface area contributed by atoms with E-state index in [1.54, 1.807) is 48.5 Å². The summed E-state index contributed by atoms with van der Waals surface area (Å²) in [4.78, 5) is 43.0. The topological polar surface area (TPSA) is 190 Å². The quantitative estimate of drug-likeness (QED) is 0.0422. The SMILES string of the molecule is COc1cc(CNC[C@H](O)c2ccc(O)c3[nH]c(=O)ccc23)cc(OC)c1OCCOC(=O)c1ccc(COc2cccc(C(NC(=O)O[C@H]3CN4CCC3CC4)c3ccccc3)c2)cc1. The number of carbonyl (C=O) groups excluding carboxylic acids is 2. The number of aliphatic hydroxyl groups is 1. The van der Waals surface area contributed by atoms with Gasteiger partial charge in [0.2, 0.25) is 11.3 Å². The maximum absolute atomic E-state index is 13.3. The molecule has 6 aromatic rings. The van der Waals surface area contributed by atoms with Crippen molar-refractivity contribution >= 4 is 23.0 Å². The number of nitrogens with zero attached hydrogens (tertiary/aromatic N) is 1. The number of hydrogen-bond acceptors (Lipinski definition) is 13. The van der Waals surface area contributed by atoms with Gasteiger partial charge in [0.25, 0.3) is 0 Å². The number of nitrogens with one attached hydrogen (secondary N) is 3. The van der Waals surface area contributed by atoms with Crippen LogP contribution in [0.4, 0.5) is 4.79 Å². The lowest BCUT2D eigenvalue weighted by atomic mass is 9.86. The fourth-order valence-corrected chi connectivity index (χ4v) is 8.58. The molecular weight excluding hydrogens is 845 g/mol. The summed E-state index contributed by atoms with van der Waals surface area (Å²) in [7, 11) is 3.01. The highest BCUT2D eigenvalue weighted by Gasteiger charge is 2.37. The van der Waals surface area contributed by atoms with Gasteiger partial charge in [0, 0.05) is 31.1 Å². The summed E-state index contributed by atoms with van der Waals surface area (Å²) in [6.45, 7) is 3.68. The van der Waals surface area contributed by atoms with E-state index in [-0.39, 0.29) is 49.3 Å². The molecule has 3 saturated heterocycles. The molecule has 0 aliphatic carbocycles. The van der Waals surface area contributed by atoms with Crippen LogP contribution in [0.3, 0.4) is 0 Å². The van der Waals surface area contributed by atoms with Gasteiger partial charge in [0.05, 0.1) is 37.4 Å². The zero-order valence-corrected chi connectivity index (χ0v) is 36.9. The van der Waals surface area contributed by atoms with Crippen molar-refractivity contribution < 1.29 is 48.2 Å². The van der Waals surface area contributed by atoms with Gasteiger partial charge in [-0.2, -0.15) is 0 Å². The number of esters is 1. The number of aliphatic hydroxyl groups excluding tert-OH is 1. The van der Waals surface area contributed by atoms with Crippen LogP contribution in [0.5, 0.6) is 28.7 Å². The molecule has 3 aliphatic heterocycles. The second kappa shape index (κ2) is 21.3. The highest BCUT2D eigenvalue weighted by atomic mass is 16.6. The standard InChI is InChI=1S/C51H54N4O11/c1-61-43-25-33(28-52-29-42(57)39-15-17-41(56)48-40(39)16-18-46(58)53-48)26-44(62-2)49(43)63-23-24-64-50(59)36-13-11-32(12-14-36)31-65-38-10-6-9-37(27-38)47(35-7-4-3-5-8-35)54-51(60)66-45-30-55-21-19-34(45)20-22-55/h3-18,25-27,34,42,45,47,52,56-57H,19-24,28-31H2,1-2H3,(H,53,58)(H,54,60)/t42-,45-,47?/m0/s1. The van der Waals surface area contributed by atoms with Gasteiger partial charge in [0.1, 0.15) is 37.4 Å². The lowest BCUT2D eigenvalue weighted by molar-refractivity contribution is -0.0336. The second-order valence-electron chi connectivity index (χ2n) is 16.4. The molecule has 66 heavy (non-hydrogen) atoms. The third-order valence-corrected chi connectivity index (χ3v) is 12.1. The average molecular weight is 899 g/mol. The molecular formula is C51H54N4O11. The van der Waals surface area contributed by atoms with Crippen LogP contribution in [0.25, 0.3) is 10.9 Å². The van der Waals surface area contributed by atoms with Crippen molar-refractivity contribution in [3.05, 3.63) is 159 Å². The van der Waals surface area contributed by atoms with E-state index >= 15 is 0 Å². The number of benzene rings is 5. The number of amides is 1. The third kappa shape index (κ3) is 11.1. The number of hydrogen-bond donors (Lipinski definition) is 5. The Morgan fingerprint density at radius 3 is 2.27 bits per heavy atom. The summed E-state index contributed by atoms with van der Waals surface area (Å²) in [6, 6.07) is 33.5. The normalized spacial score (nSPS) is 17.3. The molecule has 15 nitrogen and oxygen atoms in total. The van der Waals surface area contributed by atoms with E-state index in [0.717, 1.165) is 54.7 Å². The molecule has 3 aliphatic rings. The highest BCUT2D eigenvalue weighted by molar-refractivity contribution is 5.89. The molecule has 3 atom stereocenters. The van der Waals surface area contributed by atoms with Crippen LogP contribution in [0.2, 0.25) is 0 Å². The van der Waals surface area contributed by atoms with Gasteiger partial charge < -0.3 is 54.3 Å². The molecule has 9 rings (SSSR count). The van der Waals surface area contributed by atoms with Crippen LogP contribution in [0.1, 0.15) is 63.2 Å². The minimum Gasteiger partial charge on any atom is -0.506 e. The van der Waals surface area contributed by atoms with Crippen LogP contribution in [-0.2, 0) is 22.6 Å². The summed E-state index contributed by atoms with van der Waals surface area (Å²) < 4.78 is 34.9. The number of methoxy groups -OCH3 is 2. The first-order chi connectivity index (χ1) is 32.1. The number of carbonyl (C=O) groups is 2. The molecule has 3 fully saturated rings. The molecule has 5 aromatic carbocycles. The smallest absolute Gasteiger partial charge is 0.408 e. The Kier molecular flexibility index (Phi) is 14.7. The van der Waals surface area contributed by atoms with Crippen LogP contribution in [0, 0.1) is 5.92 Å². The number of H-pyrrole nitrogens is 1. The number of alkyl carbamates (subject to hydrolysis) is 1. The number of phenols is 1. The van der Waals surface area contributed by atoms with E-state index in [0.29, 0.717) is 52.0 Å². The molecule has 1 amide bonds. The summed E-state index contributed by atoms with van der Waals surface area (Å²) in [5.74, 6) is 1.59. The van der Waals surface area contributed by atoms with Crippen LogP contribution in [0.15, 0.2) is 120 Å². The Morgan fingerprint density at radius 1 is 0.818 bits per heavy atom. The Morgan fingerprint density at radius 2 is 1.56 bits per heavy atom. The average Bonchev–Trinajstić information content (AvgIpc) is 3.35. The fraction of sp³-hybridized carbons (Fsp3) is 0.314. The lowest BCUT2D eigenvalue weighted by Crippen LogP contribution is -2.52. The van der Waals surface area contributed by atoms with Gasteiger partial charge in [-0.3, -0.25) is 9.69 Å². The molecule has 344 valence electrons. The maximum Gasteiger partial charge on any atom is 0.408 e. The third-order valence-electron chi connectivity index (χ3n) is 12.1. The predicted molar refractivity (Wildman–Crippen MR) is 246 cm³/mol. The van der Waals surface area contributed by atoms with E-state index < -0.39 is 24.2 Å². The van der Waals surface area contributed by atoms with Crippen LogP contribution >= 0.6 is 0 Å². The van der Waals surface area contributed by atoms with Gasteiger partial charge in [-0.15, -0.1) is 0 Å². The number of fused-ring (bicyclic) bond motifs is 4. The van der Waals surface area contributed by atoms with E-state index in [1.807, 2.05) is 54.6 Å². The minimum absolute atomic E-state index is 0.0284. The Labute approximate surface area is 382 Å². The minimum atomic E-state index is -0.933. The molecule has 0 radical (unpaired) electrons. The number of aromatic nitrogens is 1. The zero-order valence-electron chi connectivity index (χ0n) is 36.9. The van der Waals surface area contributed by atoms with Crippen molar-refractivity contribution in [2.75, 3.05) is 53.6 Å². The summed E-state index contributed by atoms with van der Waals surface area (Å²) in [6.07, 6.45) is 0.641. The second-order valence-corrected chi connectivity index (χ2v) is 16.4. The number of aromatic amines is 1.